The monoisotopic (exact) mass is 357 g/mol. The number of nitrogens with one attached hydrogen (secondary N) is 2. The van der Waals surface area contributed by atoms with Crippen molar-refractivity contribution in [2.45, 2.75) is 19.4 Å². The fraction of sp³-hybridized carbons (Fsp3) is 0.400. The minimum absolute atomic E-state index is 0. The van der Waals surface area contributed by atoms with Crippen LogP contribution < -0.4 is 10.6 Å². The van der Waals surface area contributed by atoms with E-state index in [4.69, 9.17) is 0 Å². The smallest absolute Gasteiger partial charge is 0.228 e. The summed E-state index contributed by atoms with van der Waals surface area (Å²) in [5.74, 6) is 0.165. The molecule has 0 saturated carbocycles. The van der Waals surface area contributed by atoms with Gasteiger partial charge in [0.05, 0.1) is 12.5 Å². The third-order valence-electron chi connectivity index (χ3n) is 3.67. The molecule has 23 heavy (non-hydrogen) atoms. The number of anilines is 1. The van der Waals surface area contributed by atoms with Crippen LogP contribution in [0.25, 0.3) is 0 Å². The van der Waals surface area contributed by atoms with Gasteiger partial charge in [0.25, 0.3) is 0 Å². The Hall–Kier alpha value is -1.63. The Kier molecular flexibility index (Phi) is 8.02. The number of piperidine rings is 1. The maximum Gasteiger partial charge on any atom is 0.228 e. The molecule has 1 atom stereocenters. The van der Waals surface area contributed by atoms with Gasteiger partial charge in [0.1, 0.15) is 12.7 Å². The lowest BCUT2D eigenvalue weighted by molar-refractivity contribution is -0.120. The summed E-state index contributed by atoms with van der Waals surface area (Å²) in [6.45, 7) is 2.43. The first-order valence-corrected chi connectivity index (χ1v) is 7.24. The van der Waals surface area contributed by atoms with E-state index >= 15 is 0 Å². The number of hydrogen-bond acceptors (Lipinski definition) is 4. The van der Waals surface area contributed by atoms with Crippen LogP contribution in [0.5, 0.6) is 0 Å². The Morgan fingerprint density at radius 1 is 1.39 bits per heavy atom. The summed E-state index contributed by atoms with van der Waals surface area (Å²) in [4.78, 5) is 16.1. The maximum absolute atomic E-state index is 12.2. The molecule has 2 N–H and O–H groups in total. The van der Waals surface area contributed by atoms with E-state index in [0.29, 0.717) is 6.54 Å². The van der Waals surface area contributed by atoms with Crippen molar-refractivity contribution in [3.8, 4) is 0 Å². The third-order valence-corrected chi connectivity index (χ3v) is 3.67. The molecule has 0 spiro atoms. The van der Waals surface area contributed by atoms with Gasteiger partial charge in [-0.15, -0.1) is 24.8 Å². The first kappa shape index (κ1) is 19.4. The molecule has 1 aromatic heterocycles. The van der Waals surface area contributed by atoms with Crippen LogP contribution in [0, 0.1) is 5.92 Å². The largest absolute Gasteiger partial charge is 0.326 e. The highest BCUT2D eigenvalue weighted by Gasteiger charge is 2.20. The molecule has 2 aromatic rings. The number of carbonyl (C=O) groups is 1. The summed E-state index contributed by atoms with van der Waals surface area (Å²) in [6.07, 6.45) is 5.21. The number of hydrogen-bond donors (Lipinski definition) is 2. The molecule has 0 radical (unpaired) electrons. The lowest BCUT2D eigenvalue weighted by atomic mass is 9.99. The van der Waals surface area contributed by atoms with Crippen molar-refractivity contribution in [3.05, 3.63) is 42.5 Å². The molecule has 2 heterocycles. The minimum Gasteiger partial charge on any atom is -0.326 e. The Morgan fingerprint density at radius 2 is 2.26 bits per heavy atom. The van der Waals surface area contributed by atoms with E-state index in [-0.39, 0.29) is 36.6 Å². The van der Waals surface area contributed by atoms with Crippen molar-refractivity contribution in [1.29, 1.82) is 0 Å². The molecule has 1 fully saturated rings. The molecule has 126 valence electrons. The highest BCUT2D eigenvalue weighted by Crippen LogP contribution is 2.16. The summed E-state index contributed by atoms with van der Waals surface area (Å²) >= 11 is 0. The SMILES string of the molecule is Cl.Cl.O=C(Nc1cccc(Cn2cncn2)c1)C1CCCNC1. The molecular formula is C15H21Cl2N5O. The fourth-order valence-electron chi connectivity index (χ4n) is 2.57. The zero-order chi connectivity index (χ0) is 14.5. The van der Waals surface area contributed by atoms with Gasteiger partial charge in [-0.25, -0.2) is 9.67 Å². The zero-order valence-electron chi connectivity index (χ0n) is 12.6. The van der Waals surface area contributed by atoms with Crippen molar-refractivity contribution >= 4 is 36.4 Å². The number of halogens is 2. The number of carbonyl (C=O) groups excluding carboxylic acids is 1. The number of amides is 1. The van der Waals surface area contributed by atoms with E-state index < -0.39 is 0 Å². The molecule has 1 aromatic carbocycles. The Morgan fingerprint density at radius 3 is 2.96 bits per heavy atom. The predicted octanol–water partition coefficient (Wildman–Crippen LogP) is 2.11. The second-order valence-electron chi connectivity index (χ2n) is 5.33. The lowest BCUT2D eigenvalue weighted by Gasteiger charge is -2.22. The normalized spacial score (nSPS) is 16.8. The third kappa shape index (κ3) is 5.49. The predicted molar refractivity (Wildman–Crippen MR) is 94.3 cm³/mol. The standard InChI is InChI=1S/C15H19N5O.2ClH/c21-15(13-4-2-6-16-8-13)19-14-5-1-3-12(7-14)9-20-11-17-10-18-20;;/h1,3,5,7,10-11,13,16H,2,4,6,8-9H2,(H,19,21);2*1H. The van der Waals surface area contributed by atoms with Crippen LogP contribution >= 0.6 is 24.8 Å². The summed E-state index contributed by atoms with van der Waals surface area (Å²) in [7, 11) is 0. The van der Waals surface area contributed by atoms with Crippen molar-refractivity contribution in [2.75, 3.05) is 18.4 Å². The number of benzene rings is 1. The van der Waals surface area contributed by atoms with Crippen LogP contribution in [0.2, 0.25) is 0 Å². The molecule has 1 aliphatic heterocycles. The van der Waals surface area contributed by atoms with Crippen molar-refractivity contribution in [1.82, 2.24) is 20.1 Å². The fourth-order valence-corrected chi connectivity index (χ4v) is 2.57. The van der Waals surface area contributed by atoms with E-state index in [1.165, 1.54) is 6.33 Å². The van der Waals surface area contributed by atoms with Crippen LogP contribution in [0.1, 0.15) is 18.4 Å². The van der Waals surface area contributed by atoms with Crippen molar-refractivity contribution < 1.29 is 4.79 Å². The molecule has 1 amide bonds. The van der Waals surface area contributed by atoms with Gasteiger partial charge in [0.15, 0.2) is 0 Å². The molecule has 0 bridgehead atoms. The Bertz CT molecular complexity index is 600. The molecule has 6 nitrogen and oxygen atoms in total. The second-order valence-corrected chi connectivity index (χ2v) is 5.33. The van der Waals surface area contributed by atoms with Gasteiger partial charge < -0.3 is 10.6 Å². The van der Waals surface area contributed by atoms with Gasteiger partial charge in [-0.05, 0) is 37.1 Å². The quantitative estimate of drug-likeness (QED) is 0.878. The number of nitrogens with zero attached hydrogens (tertiary/aromatic N) is 3. The maximum atomic E-state index is 12.2. The van der Waals surface area contributed by atoms with Crippen LogP contribution in [0.3, 0.4) is 0 Å². The first-order valence-electron chi connectivity index (χ1n) is 7.24. The van der Waals surface area contributed by atoms with Crippen LogP contribution in [0.4, 0.5) is 5.69 Å². The average molecular weight is 358 g/mol. The van der Waals surface area contributed by atoms with Gasteiger partial charge in [-0.3, -0.25) is 4.79 Å². The highest BCUT2D eigenvalue weighted by atomic mass is 35.5. The van der Waals surface area contributed by atoms with Crippen LogP contribution in [-0.2, 0) is 11.3 Å². The van der Waals surface area contributed by atoms with Crippen molar-refractivity contribution in [3.63, 3.8) is 0 Å². The van der Waals surface area contributed by atoms with Gasteiger partial charge in [0, 0.05) is 12.2 Å². The summed E-state index contributed by atoms with van der Waals surface area (Å²) in [5, 5.41) is 10.4. The number of rotatable bonds is 4. The van der Waals surface area contributed by atoms with Crippen LogP contribution in [-0.4, -0.2) is 33.8 Å². The van der Waals surface area contributed by atoms with E-state index in [1.807, 2.05) is 24.3 Å². The summed E-state index contributed by atoms with van der Waals surface area (Å²) in [5.41, 5.74) is 1.92. The Balaban J connectivity index is 0.00000132. The molecule has 3 rings (SSSR count). The molecular weight excluding hydrogens is 337 g/mol. The molecule has 0 aliphatic carbocycles. The van der Waals surface area contributed by atoms with Crippen LogP contribution in [0.15, 0.2) is 36.9 Å². The molecule has 1 saturated heterocycles. The van der Waals surface area contributed by atoms with Gasteiger partial charge >= 0.3 is 0 Å². The molecule has 1 aliphatic rings. The topological polar surface area (TPSA) is 71.8 Å². The van der Waals surface area contributed by atoms with E-state index in [0.717, 1.165) is 37.2 Å². The minimum atomic E-state index is 0. The van der Waals surface area contributed by atoms with Crippen molar-refractivity contribution in [2.24, 2.45) is 5.92 Å². The lowest BCUT2D eigenvalue weighted by Crippen LogP contribution is -2.37. The van der Waals surface area contributed by atoms with Gasteiger partial charge in [-0.1, -0.05) is 12.1 Å². The second kappa shape index (κ2) is 9.50. The summed E-state index contributed by atoms with van der Waals surface area (Å²) < 4.78 is 1.76. The van der Waals surface area contributed by atoms with Gasteiger partial charge in [-0.2, -0.15) is 5.10 Å². The van der Waals surface area contributed by atoms with E-state index in [2.05, 4.69) is 20.7 Å². The molecule has 1 unspecified atom stereocenters. The average Bonchev–Trinajstić information content (AvgIpc) is 3.01. The molecule has 8 heteroatoms. The zero-order valence-corrected chi connectivity index (χ0v) is 14.3. The number of aromatic nitrogens is 3. The Labute approximate surface area is 147 Å². The summed E-state index contributed by atoms with van der Waals surface area (Å²) in [6, 6.07) is 7.86. The van der Waals surface area contributed by atoms with Gasteiger partial charge in [0.2, 0.25) is 5.91 Å². The van der Waals surface area contributed by atoms with E-state index in [9.17, 15) is 4.79 Å². The van der Waals surface area contributed by atoms with E-state index in [1.54, 1.807) is 11.0 Å². The first-order chi connectivity index (χ1) is 10.3. The highest BCUT2D eigenvalue weighted by molar-refractivity contribution is 5.92.